The summed E-state index contributed by atoms with van der Waals surface area (Å²) in [5.41, 5.74) is 0.950. The minimum Gasteiger partial charge on any atom is -0.506 e. The number of phenols is 1. The van der Waals surface area contributed by atoms with Crippen LogP contribution >= 0.6 is 0 Å². The van der Waals surface area contributed by atoms with Gasteiger partial charge in [-0.25, -0.2) is 0 Å². The Morgan fingerprint density at radius 1 is 1.57 bits per heavy atom. The molecule has 0 saturated carbocycles. The van der Waals surface area contributed by atoms with Crippen molar-refractivity contribution in [2.24, 2.45) is 0 Å². The largest absolute Gasteiger partial charge is 0.506 e. The van der Waals surface area contributed by atoms with Crippen molar-refractivity contribution in [2.75, 3.05) is 0 Å². The van der Waals surface area contributed by atoms with E-state index in [1.165, 1.54) is 0 Å². The first-order valence-electron chi connectivity index (χ1n) is 3.99. The van der Waals surface area contributed by atoms with Crippen molar-refractivity contribution >= 4 is 5.97 Å². The third-order valence-electron chi connectivity index (χ3n) is 1.92. The van der Waals surface area contributed by atoms with Crippen molar-refractivity contribution in [1.82, 2.24) is 0 Å². The number of phenolic OH excluding ortho intramolecular Hbond substituents is 1. The molecule has 0 saturated heterocycles. The number of rotatable bonds is 2. The van der Waals surface area contributed by atoms with Crippen molar-refractivity contribution in [2.45, 2.75) is 13.3 Å². The lowest BCUT2D eigenvalue weighted by molar-refractivity contribution is -0.136. The zero-order valence-corrected chi connectivity index (χ0v) is 7.61. The molecule has 0 spiro atoms. The molecule has 14 heavy (non-hydrogen) atoms. The summed E-state index contributed by atoms with van der Waals surface area (Å²) in [5.74, 6) is -1.16. The standard InChI is InChI=1S/C10H9NO3/c1-6-2-3-7(4-9(12)13)8(5-11)10(6)14/h2-3,14H,4H2,1H3,(H,12,13). The predicted octanol–water partition coefficient (Wildman–Crippen LogP) is 1.20. The molecule has 0 radical (unpaired) electrons. The lowest BCUT2D eigenvalue weighted by atomic mass is 10.0. The van der Waals surface area contributed by atoms with Crippen molar-refractivity contribution in [3.63, 3.8) is 0 Å². The summed E-state index contributed by atoms with van der Waals surface area (Å²) < 4.78 is 0. The van der Waals surface area contributed by atoms with Gasteiger partial charge in [0.1, 0.15) is 11.8 Å². The van der Waals surface area contributed by atoms with Crippen LogP contribution in [0.2, 0.25) is 0 Å². The van der Waals surface area contributed by atoms with Crippen LogP contribution in [0, 0.1) is 18.3 Å². The Balaban J connectivity index is 3.26. The first kappa shape index (κ1) is 10.1. The molecule has 72 valence electrons. The van der Waals surface area contributed by atoms with Crippen LogP contribution in [0.15, 0.2) is 12.1 Å². The van der Waals surface area contributed by atoms with E-state index in [9.17, 15) is 9.90 Å². The van der Waals surface area contributed by atoms with Crippen LogP contribution in [0.25, 0.3) is 0 Å². The molecule has 1 aromatic rings. The van der Waals surface area contributed by atoms with Gasteiger partial charge in [0.2, 0.25) is 0 Å². The van der Waals surface area contributed by atoms with E-state index in [4.69, 9.17) is 10.4 Å². The van der Waals surface area contributed by atoms with Crippen LogP contribution in [0.1, 0.15) is 16.7 Å². The fraction of sp³-hybridized carbons (Fsp3) is 0.200. The van der Waals surface area contributed by atoms with Crippen LogP contribution in [0.5, 0.6) is 5.75 Å². The number of hydrogen-bond acceptors (Lipinski definition) is 3. The number of nitrogens with zero attached hydrogens (tertiary/aromatic N) is 1. The van der Waals surface area contributed by atoms with Gasteiger partial charge in [0.05, 0.1) is 12.0 Å². The van der Waals surface area contributed by atoms with E-state index in [0.29, 0.717) is 11.1 Å². The van der Waals surface area contributed by atoms with Crippen molar-refractivity contribution in [3.8, 4) is 11.8 Å². The van der Waals surface area contributed by atoms with Crippen LogP contribution < -0.4 is 0 Å². The minimum atomic E-state index is -1.02. The Morgan fingerprint density at radius 2 is 2.21 bits per heavy atom. The molecule has 0 aliphatic carbocycles. The molecule has 0 bridgehead atoms. The number of carboxylic acid groups (broad SMARTS) is 1. The summed E-state index contributed by atoms with van der Waals surface area (Å²) in [6.07, 6.45) is -0.253. The van der Waals surface area contributed by atoms with Gasteiger partial charge >= 0.3 is 5.97 Å². The van der Waals surface area contributed by atoms with Gasteiger partial charge in [-0.15, -0.1) is 0 Å². The number of hydrogen-bond donors (Lipinski definition) is 2. The van der Waals surface area contributed by atoms with Crippen molar-refractivity contribution in [3.05, 3.63) is 28.8 Å². The summed E-state index contributed by atoms with van der Waals surface area (Å²) in [6, 6.07) is 4.93. The number of aryl methyl sites for hydroxylation is 1. The van der Waals surface area contributed by atoms with E-state index < -0.39 is 5.97 Å². The van der Waals surface area contributed by atoms with Gasteiger partial charge < -0.3 is 10.2 Å². The molecular weight excluding hydrogens is 182 g/mol. The van der Waals surface area contributed by atoms with Gasteiger partial charge in [-0.1, -0.05) is 12.1 Å². The summed E-state index contributed by atoms with van der Waals surface area (Å²) >= 11 is 0. The quantitative estimate of drug-likeness (QED) is 0.735. The highest BCUT2D eigenvalue weighted by Gasteiger charge is 2.12. The monoisotopic (exact) mass is 191 g/mol. The first-order valence-corrected chi connectivity index (χ1v) is 3.99. The average Bonchev–Trinajstić information content (AvgIpc) is 2.11. The van der Waals surface area contributed by atoms with Gasteiger partial charge in [0.15, 0.2) is 0 Å². The van der Waals surface area contributed by atoms with Crippen molar-refractivity contribution in [1.29, 1.82) is 5.26 Å². The molecule has 2 N–H and O–H groups in total. The Kier molecular flexibility index (Phi) is 2.73. The molecule has 0 fully saturated rings. The molecule has 1 rings (SSSR count). The Hall–Kier alpha value is -2.02. The average molecular weight is 191 g/mol. The van der Waals surface area contributed by atoms with E-state index in [1.807, 2.05) is 0 Å². The molecule has 0 aliphatic rings. The van der Waals surface area contributed by atoms with Crippen molar-refractivity contribution < 1.29 is 15.0 Å². The van der Waals surface area contributed by atoms with Crippen LogP contribution in [0.3, 0.4) is 0 Å². The number of aliphatic carboxylic acids is 1. The first-order chi connectivity index (χ1) is 6.56. The maximum absolute atomic E-state index is 10.4. The van der Waals surface area contributed by atoms with Gasteiger partial charge in [-0.3, -0.25) is 4.79 Å². The Bertz CT molecular complexity index is 418. The zero-order valence-electron chi connectivity index (χ0n) is 7.61. The van der Waals surface area contributed by atoms with E-state index in [-0.39, 0.29) is 17.7 Å². The van der Waals surface area contributed by atoms with Gasteiger partial charge in [-0.05, 0) is 18.1 Å². The van der Waals surface area contributed by atoms with E-state index >= 15 is 0 Å². The molecule has 0 amide bonds. The molecule has 0 aliphatic heterocycles. The van der Waals surface area contributed by atoms with Gasteiger partial charge in [0.25, 0.3) is 0 Å². The number of nitriles is 1. The normalized spacial score (nSPS) is 9.43. The van der Waals surface area contributed by atoms with Crippen LogP contribution in [-0.2, 0) is 11.2 Å². The van der Waals surface area contributed by atoms with Gasteiger partial charge in [-0.2, -0.15) is 5.26 Å². The second kappa shape index (κ2) is 3.79. The SMILES string of the molecule is Cc1ccc(CC(=O)O)c(C#N)c1O. The number of carboxylic acids is 1. The predicted molar refractivity (Wildman–Crippen MR) is 48.9 cm³/mol. The minimum absolute atomic E-state index is 0.0485. The number of aromatic hydroxyl groups is 1. The molecule has 0 atom stereocenters. The highest BCUT2D eigenvalue weighted by Crippen LogP contribution is 2.24. The van der Waals surface area contributed by atoms with Crippen LogP contribution in [-0.4, -0.2) is 16.2 Å². The number of carbonyl (C=O) groups is 1. The molecule has 0 heterocycles. The summed E-state index contributed by atoms with van der Waals surface area (Å²) in [4.78, 5) is 10.4. The zero-order chi connectivity index (χ0) is 10.7. The summed E-state index contributed by atoms with van der Waals surface area (Å²) in [5, 5.41) is 26.8. The van der Waals surface area contributed by atoms with E-state index in [2.05, 4.69) is 0 Å². The highest BCUT2D eigenvalue weighted by molar-refractivity contribution is 5.72. The smallest absolute Gasteiger partial charge is 0.307 e. The second-order valence-corrected chi connectivity index (χ2v) is 2.95. The fourth-order valence-electron chi connectivity index (χ4n) is 1.17. The molecule has 0 unspecified atom stereocenters. The lowest BCUT2D eigenvalue weighted by Crippen LogP contribution is -2.02. The van der Waals surface area contributed by atoms with E-state index in [0.717, 1.165) is 0 Å². The topological polar surface area (TPSA) is 81.3 Å². The molecule has 4 heteroatoms. The summed E-state index contributed by atoms with van der Waals surface area (Å²) in [7, 11) is 0. The summed E-state index contributed by atoms with van der Waals surface area (Å²) in [6.45, 7) is 1.65. The van der Waals surface area contributed by atoms with Crippen LogP contribution in [0.4, 0.5) is 0 Å². The number of benzene rings is 1. The molecule has 4 nitrogen and oxygen atoms in total. The third-order valence-corrected chi connectivity index (χ3v) is 1.92. The molecule has 0 aromatic heterocycles. The Morgan fingerprint density at radius 3 is 2.71 bits per heavy atom. The Labute approximate surface area is 81.0 Å². The van der Waals surface area contributed by atoms with Gasteiger partial charge in [0, 0.05) is 0 Å². The second-order valence-electron chi connectivity index (χ2n) is 2.95. The molecular formula is C10H9NO3. The maximum Gasteiger partial charge on any atom is 0.307 e. The third kappa shape index (κ3) is 1.83. The fourth-order valence-corrected chi connectivity index (χ4v) is 1.17. The lowest BCUT2D eigenvalue weighted by Gasteiger charge is -2.05. The maximum atomic E-state index is 10.4. The highest BCUT2D eigenvalue weighted by atomic mass is 16.4. The van der Waals surface area contributed by atoms with E-state index in [1.54, 1.807) is 25.1 Å². The molecule has 1 aromatic carbocycles.